The highest BCUT2D eigenvalue weighted by Crippen LogP contribution is 2.32. The molecule has 6 aromatic rings. The summed E-state index contributed by atoms with van der Waals surface area (Å²) in [6.07, 6.45) is 3.56. The Bertz CT molecular complexity index is 1740. The molecule has 2 N–H and O–H groups in total. The number of nitrogens with one attached hydrogen (secondary N) is 2. The lowest BCUT2D eigenvalue weighted by Gasteiger charge is -2.12. The highest BCUT2D eigenvalue weighted by molar-refractivity contribution is 7.80. The van der Waals surface area contributed by atoms with Crippen LogP contribution in [0.15, 0.2) is 79.1 Å². The van der Waals surface area contributed by atoms with Crippen LogP contribution in [0.3, 0.4) is 0 Å². The SMILES string of the molecule is CCOc1ccc(NC(=S)Nc2ccc3nc4c5ncccc5c5cccnc5c4nc3c2)cc1. The van der Waals surface area contributed by atoms with Crippen molar-refractivity contribution >= 4 is 72.6 Å². The number of benzene rings is 3. The van der Waals surface area contributed by atoms with Gasteiger partial charge in [-0.05, 0) is 73.7 Å². The molecule has 0 atom stereocenters. The van der Waals surface area contributed by atoms with E-state index in [-0.39, 0.29) is 0 Å². The molecule has 0 aliphatic rings. The van der Waals surface area contributed by atoms with Gasteiger partial charge in [0.2, 0.25) is 0 Å². The molecule has 3 aromatic carbocycles. The summed E-state index contributed by atoms with van der Waals surface area (Å²) >= 11 is 5.51. The van der Waals surface area contributed by atoms with Crippen LogP contribution in [0.25, 0.3) is 43.9 Å². The zero-order valence-electron chi connectivity index (χ0n) is 18.8. The minimum atomic E-state index is 0.476. The number of pyridine rings is 2. The number of ether oxygens (including phenoxy) is 1. The van der Waals surface area contributed by atoms with Crippen LogP contribution in [0.5, 0.6) is 5.75 Å². The molecule has 3 heterocycles. The predicted molar refractivity (Wildman–Crippen MR) is 145 cm³/mol. The maximum Gasteiger partial charge on any atom is 0.175 e. The van der Waals surface area contributed by atoms with Gasteiger partial charge in [0.25, 0.3) is 0 Å². The van der Waals surface area contributed by atoms with Gasteiger partial charge in [0.15, 0.2) is 5.11 Å². The molecule has 3 aromatic heterocycles. The molecule has 35 heavy (non-hydrogen) atoms. The fraction of sp³-hybridized carbons (Fsp3) is 0.0741. The summed E-state index contributed by atoms with van der Waals surface area (Å²) in [5, 5.41) is 8.92. The molecule has 0 amide bonds. The van der Waals surface area contributed by atoms with Gasteiger partial charge >= 0.3 is 0 Å². The summed E-state index contributed by atoms with van der Waals surface area (Å²) in [7, 11) is 0. The van der Waals surface area contributed by atoms with Gasteiger partial charge in [-0.1, -0.05) is 12.1 Å². The largest absolute Gasteiger partial charge is 0.494 e. The average molecular weight is 477 g/mol. The van der Waals surface area contributed by atoms with Gasteiger partial charge in [0, 0.05) is 34.5 Å². The molecular formula is C27H20N6OS. The second-order valence-electron chi connectivity index (χ2n) is 7.96. The van der Waals surface area contributed by atoms with E-state index >= 15 is 0 Å². The Labute approximate surface area is 206 Å². The standard InChI is InChI=1S/C27H20N6OS/c1-2-34-18-10-7-16(8-11-18)30-27(35)31-17-9-12-21-22(15-17)33-26-24-20(6-4-14-29-24)19-5-3-13-28-23(19)25(26)32-21/h3-15H,2H2,1H3,(H2,30,31,35). The molecule has 0 fully saturated rings. The second-order valence-corrected chi connectivity index (χ2v) is 8.37. The molecule has 8 heteroatoms. The maximum atomic E-state index is 5.51. The van der Waals surface area contributed by atoms with Gasteiger partial charge in [-0.25, -0.2) is 9.97 Å². The summed E-state index contributed by atoms with van der Waals surface area (Å²) in [4.78, 5) is 19.1. The van der Waals surface area contributed by atoms with E-state index in [1.54, 1.807) is 12.4 Å². The summed E-state index contributed by atoms with van der Waals surface area (Å²) in [6.45, 7) is 2.59. The Hall–Kier alpha value is -4.43. The molecule has 0 aliphatic carbocycles. The van der Waals surface area contributed by atoms with Crippen LogP contribution in [0.4, 0.5) is 11.4 Å². The second kappa shape index (κ2) is 8.73. The third kappa shape index (κ3) is 3.94. The van der Waals surface area contributed by atoms with Gasteiger partial charge in [-0.15, -0.1) is 0 Å². The summed E-state index contributed by atoms with van der Waals surface area (Å²) in [6, 6.07) is 21.4. The number of aromatic nitrogens is 4. The molecule has 7 nitrogen and oxygen atoms in total. The number of nitrogens with zero attached hydrogens (tertiary/aromatic N) is 4. The van der Waals surface area contributed by atoms with Crippen molar-refractivity contribution in [3.8, 4) is 5.75 Å². The van der Waals surface area contributed by atoms with E-state index in [0.29, 0.717) is 11.7 Å². The number of fused-ring (bicyclic) bond motifs is 7. The Kier molecular flexibility index (Phi) is 5.27. The van der Waals surface area contributed by atoms with E-state index in [1.165, 1.54) is 0 Å². The Morgan fingerprint density at radius 3 is 2.00 bits per heavy atom. The first-order valence-electron chi connectivity index (χ1n) is 11.2. The molecule has 0 spiro atoms. The lowest BCUT2D eigenvalue weighted by molar-refractivity contribution is 0.340. The molecule has 0 unspecified atom stereocenters. The zero-order valence-corrected chi connectivity index (χ0v) is 19.6. The lowest BCUT2D eigenvalue weighted by atomic mass is 10.1. The van der Waals surface area contributed by atoms with Crippen molar-refractivity contribution in [2.45, 2.75) is 6.92 Å². The van der Waals surface area contributed by atoms with Crippen molar-refractivity contribution in [1.82, 2.24) is 19.9 Å². The van der Waals surface area contributed by atoms with Crippen molar-refractivity contribution in [1.29, 1.82) is 0 Å². The van der Waals surface area contributed by atoms with Crippen molar-refractivity contribution in [2.24, 2.45) is 0 Å². The maximum absolute atomic E-state index is 5.51. The lowest BCUT2D eigenvalue weighted by Crippen LogP contribution is -2.19. The number of thiocarbonyl (C=S) groups is 1. The summed E-state index contributed by atoms with van der Waals surface area (Å²) in [5.74, 6) is 0.822. The predicted octanol–water partition coefficient (Wildman–Crippen LogP) is 6.09. The number of anilines is 2. The molecular weight excluding hydrogens is 456 g/mol. The van der Waals surface area contributed by atoms with Gasteiger partial charge in [-0.3, -0.25) is 9.97 Å². The van der Waals surface area contributed by atoms with E-state index in [0.717, 1.165) is 61.0 Å². The molecule has 0 aliphatic heterocycles. The van der Waals surface area contributed by atoms with Crippen molar-refractivity contribution in [3.63, 3.8) is 0 Å². The zero-order chi connectivity index (χ0) is 23.8. The highest BCUT2D eigenvalue weighted by Gasteiger charge is 2.14. The minimum Gasteiger partial charge on any atom is -0.494 e. The first-order valence-corrected chi connectivity index (χ1v) is 11.6. The Morgan fingerprint density at radius 2 is 1.34 bits per heavy atom. The van der Waals surface area contributed by atoms with Crippen LogP contribution in [-0.2, 0) is 0 Å². The third-order valence-corrected chi connectivity index (χ3v) is 5.90. The molecule has 6 rings (SSSR count). The smallest absolute Gasteiger partial charge is 0.175 e. The first kappa shape index (κ1) is 21.1. The molecule has 0 saturated carbocycles. The van der Waals surface area contributed by atoms with Gasteiger partial charge < -0.3 is 15.4 Å². The molecule has 0 radical (unpaired) electrons. The average Bonchev–Trinajstić information content (AvgIpc) is 2.89. The summed E-state index contributed by atoms with van der Waals surface area (Å²) in [5.41, 5.74) is 6.30. The fourth-order valence-corrected chi connectivity index (χ4v) is 4.42. The van der Waals surface area contributed by atoms with Crippen molar-refractivity contribution in [3.05, 3.63) is 79.1 Å². The van der Waals surface area contributed by atoms with Gasteiger partial charge in [-0.2, -0.15) is 0 Å². The topological polar surface area (TPSA) is 84.9 Å². The van der Waals surface area contributed by atoms with Crippen LogP contribution in [0.2, 0.25) is 0 Å². The van der Waals surface area contributed by atoms with E-state index in [4.69, 9.17) is 26.9 Å². The molecule has 0 bridgehead atoms. The van der Waals surface area contributed by atoms with E-state index in [2.05, 4.69) is 20.6 Å². The normalized spacial score (nSPS) is 11.2. The minimum absolute atomic E-state index is 0.476. The number of rotatable bonds is 4. The van der Waals surface area contributed by atoms with E-state index in [1.807, 2.05) is 73.7 Å². The molecule has 0 saturated heterocycles. The van der Waals surface area contributed by atoms with Crippen molar-refractivity contribution in [2.75, 3.05) is 17.2 Å². The van der Waals surface area contributed by atoms with Crippen LogP contribution in [-0.4, -0.2) is 31.7 Å². The van der Waals surface area contributed by atoms with Crippen LogP contribution in [0.1, 0.15) is 6.92 Å². The first-order chi connectivity index (χ1) is 17.2. The third-order valence-electron chi connectivity index (χ3n) is 5.70. The van der Waals surface area contributed by atoms with Gasteiger partial charge in [0.1, 0.15) is 16.8 Å². The highest BCUT2D eigenvalue weighted by atomic mass is 32.1. The van der Waals surface area contributed by atoms with E-state index in [9.17, 15) is 0 Å². The van der Waals surface area contributed by atoms with Crippen LogP contribution in [0, 0.1) is 0 Å². The van der Waals surface area contributed by atoms with Crippen LogP contribution < -0.4 is 15.4 Å². The fourth-order valence-electron chi connectivity index (χ4n) is 4.18. The Morgan fingerprint density at radius 1 is 0.743 bits per heavy atom. The van der Waals surface area contributed by atoms with Crippen molar-refractivity contribution < 1.29 is 4.74 Å². The van der Waals surface area contributed by atoms with Crippen LogP contribution >= 0.6 is 12.2 Å². The Balaban J connectivity index is 1.36. The monoisotopic (exact) mass is 476 g/mol. The quantitative estimate of drug-likeness (QED) is 0.180. The van der Waals surface area contributed by atoms with E-state index < -0.39 is 0 Å². The number of hydrogen-bond donors (Lipinski definition) is 2. The summed E-state index contributed by atoms with van der Waals surface area (Å²) < 4.78 is 5.49. The van der Waals surface area contributed by atoms with Gasteiger partial charge in [0.05, 0.1) is 28.7 Å². The molecule has 170 valence electrons. The number of hydrogen-bond acceptors (Lipinski definition) is 6.